The van der Waals surface area contributed by atoms with Crippen molar-refractivity contribution in [2.24, 2.45) is 16.7 Å². The fourth-order valence-corrected chi connectivity index (χ4v) is 5.72. The van der Waals surface area contributed by atoms with Crippen LogP contribution in [0.5, 0.6) is 0 Å². The zero-order valence-electron chi connectivity index (χ0n) is 12.4. The van der Waals surface area contributed by atoms with Crippen LogP contribution in [0.2, 0.25) is 0 Å². The first-order valence-electron chi connectivity index (χ1n) is 7.11. The molecule has 7 nitrogen and oxygen atoms in total. The van der Waals surface area contributed by atoms with Gasteiger partial charge < -0.3 is 0 Å². The number of ketones is 1. The molecule has 120 valence electrons. The summed E-state index contributed by atoms with van der Waals surface area (Å²) in [6.07, 6.45) is 3.55. The second-order valence-electron chi connectivity index (χ2n) is 6.75. The molecule has 8 heteroatoms. The van der Waals surface area contributed by atoms with Gasteiger partial charge in [-0.2, -0.15) is 8.42 Å². The van der Waals surface area contributed by atoms with Gasteiger partial charge in [-0.3, -0.25) is 14.4 Å². The zero-order valence-corrected chi connectivity index (χ0v) is 13.2. The Morgan fingerprint density at radius 2 is 1.82 bits per heavy atom. The van der Waals surface area contributed by atoms with Crippen molar-refractivity contribution in [2.75, 3.05) is 5.75 Å². The summed E-state index contributed by atoms with van der Waals surface area (Å²) in [5.74, 6) is -2.08. The number of fused-ring (bicyclic) bond motifs is 2. The Bertz CT molecular complexity index is 689. The largest absolute Gasteiger partial charge is 0.299 e. The van der Waals surface area contributed by atoms with E-state index in [0.29, 0.717) is 12.8 Å². The van der Waals surface area contributed by atoms with Crippen LogP contribution in [-0.2, 0) is 28.8 Å². The van der Waals surface area contributed by atoms with E-state index in [-0.39, 0.29) is 16.8 Å². The van der Waals surface area contributed by atoms with Crippen molar-refractivity contribution in [3.8, 4) is 0 Å². The minimum atomic E-state index is -4.24. The third-order valence-electron chi connectivity index (χ3n) is 5.52. The Hall–Kier alpha value is -1.54. The molecule has 22 heavy (non-hydrogen) atoms. The SMILES string of the molecule is CC1(C)[C@@H]2CC[C@@]1(CS(=O)(=O)ON1C(=O)C=CC1=O)C(=O)C2. The van der Waals surface area contributed by atoms with Gasteiger partial charge in [-0.05, 0) is 24.2 Å². The van der Waals surface area contributed by atoms with Gasteiger partial charge in [0.05, 0.1) is 11.2 Å². The van der Waals surface area contributed by atoms with Gasteiger partial charge in [0.1, 0.15) is 5.78 Å². The maximum Gasteiger partial charge on any atom is 0.289 e. The Kier molecular flexibility index (Phi) is 3.13. The number of carbonyl (C=O) groups excluding carboxylic acids is 3. The maximum absolute atomic E-state index is 12.3. The Labute approximate surface area is 128 Å². The molecule has 2 saturated carbocycles. The summed E-state index contributed by atoms with van der Waals surface area (Å²) in [5, 5.41) is 0.213. The summed E-state index contributed by atoms with van der Waals surface area (Å²) in [4.78, 5) is 35.2. The second-order valence-corrected chi connectivity index (χ2v) is 8.30. The smallest absolute Gasteiger partial charge is 0.289 e. The van der Waals surface area contributed by atoms with Crippen LogP contribution in [0.25, 0.3) is 0 Å². The molecular formula is C14H17NO6S. The molecule has 0 unspecified atom stereocenters. The highest BCUT2D eigenvalue weighted by Gasteiger charge is 2.65. The minimum Gasteiger partial charge on any atom is -0.299 e. The Morgan fingerprint density at radius 1 is 1.23 bits per heavy atom. The van der Waals surface area contributed by atoms with Crippen molar-refractivity contribution in [2.45, 2.75) is 33.1 Å². The number of hydrogen-bond donors (Lipinski definition) is 0. The van der Waals surface area contributed by atoms with Crippen molar-refractivity contribution in [3.05, 3.63) is 12.2 Å². The van der Waals surface area contributed by atoms with Gasteiger partial charge in [-0.1, -0.05) is 13.8 Å². The van der Waals surface area contributed by atoms with Gasteiger partial charge in [-0.25, -0.2) is 0 Å². The molecule has 0 aromatic rings. The lowest BCUT2D eigenvalue weighted by Gasteiger charge is -2.35. The zero-order chi connectivity index (χ0) is 16.3. The fourth-order valence-electron chi connectivity index (χ4n) is 4.01. The van der Waals surface area contributed by atoms with Crippen LogP contribution < -0.4 is 0 Å². The number of amides is 2. The minimum absolute atomic E-state index is 0.0712. The highest BCUT2D eigenvalue weighted by atomic mass is 32.2. The van der Waals surface area contributed by atoms with E-state index in [2.05, 4.69) is 4.28 Å². The van der Waals surface area contributed by atoms with Gasteiger partial charge in [0, 0.05) is 18.6 Å². The number of Topliss-reactive ketones (excluding diaryl/α,β-unsaturated/α-hetero) is 1. The van der Waals surface area contributed by atoms with Crippen LogP contribution in [0.3, 0.4) is 0 Å². The number of imide groups is 1. The molecule has 0 radical (unpaired) electrons. The van der Waals surface area contributed by atoms with E-state index in [1.807, 2.05) is 13.8 Å². The molecule has 0 saturated heterocycles. The van der Waals surface area contributed by atoms with Gasteiger partial charge in [0.25, 0.3) is 21.9 Å². The molecule has 0 aromatic heterocycles. The lowest BCUT2D eigenvalue weighted by Crippen LogP contribution is -2.44. The number of hydrogen-bond acceptors (Lipinski definition) is 6. The molecular weight excluding hydrogens is 310 g/mol. The molecule has 1 heterocycles. The van der Waals surface area contributed by atoms with E-state index in [9.17, 15) is 22.8 Å². The number of nitrogens with zero attached hydrogens (tertiary/aromatic N) is 1. The summed E-state index contributed by atoms with van der Waals surface area (Å²) < 4.78 is 29.3. The summed E-state index contributed by atoms with van der Waals surface area (Å²) in [6, 6.07) is 0. The Balaban J connectivity index is 1.84. The quantitative estimate of drug-likeness (QED) is 0.700. The molecule has 3 rings (SSSR count). The lowest BCUT2D eigenvalue weighted by atomic mass is 9.70. The van der Waals surface area contributed by atoms with E-state index >= 15 is 0 Å². The molecule has 2 fully saturated rings. The molecule has 2 bridgehead atoms. The van der Waals surface area contributed by atoms with E-state index in [1.165, 1.54) is 0 Å². The van der Waals surface area contributed by atoms with E-state index < -0.39 is 38.5 Å². The van der Waals surface area contributed by atoms with Crippen molar-refractivity contribution < 1.29 is 27.1 Å². The maximum atomic E-state index is 12.3. The fraction of sp³-hybridized carbons (Fsp3) is 0.643. The number of rotatable bonds is 4. The standard InChI is InChI=1S/C14H17NO6S/c1-13(2)9-5-6-14(13,10(16)7-9)8-22(19,20)21-15-11(17)3-4-12(15)18/h3-4,9H,5-8H2,1-2H3/t9-,14-/m1/s1. The average Bonchev–Trinajstić information content (AvgIpc) is 2.89. The first-order valence-corrected chi connectivity index (χ1v) is 8.68. The third-order valence-corrected chi connectivity index (χ3v) is 6.74. The predicted octanol–water partition coefficient (Wildman–Crippen LogP) is 0.568. The first-order chi connectivity index (χ1) is 10.1. The van der Waals surface area contributed by atoms with Crippen LogP contribution in [0.15, 0.2) is 12.2 Å². The van der Waals surface area contributed by atoms with Gasteiger partial charge in [-0.15, -0.1) is 9.35 Å². The van der Waals surface area contributed by atoms with Gasteiger partial charge >= 0.3 is 0 Å². The summed E-state index contributed by atoms with van der Waals surface area (Å²) in [5.41, 5.74) is -1.42. The molecule has 2 amide bonds. The third kappa shape index (κ3) is 1.97. The van der Waals surface area contributed by atoms with Crippen molar-refractivity contribution in [3.63, 3.8) is 0 Å². The summed E-state index contributed by atoms with van der Waals surface area (Å²) in [7, 11) is -4.24. The summed E-state index contributed by atoms with van der Waals surface area (Å²) >= 11 is 0. The van der Waals surface area contributed by atoms with Crippen molar-refractivity contribution in [1.82, 2.24) is 5.06 Å². The van der Waals surface area contributed by atoms with E-state index in [1.54, 1.807) is 0 Å². The number of hydroxylamine groups is 2. The number of carbonyl (C=O) groups is 3. The normalized spacial score (nSPS) is 33.3. The van der Waals surface area contributed by atoms with Crippen LogP contribution in [0.1, 0.15) is 33.1 Å². The molecule has 0 spiro atoms. The first kappa shape index (κ1) is 15.4. The van der Waals surface area contributed by atoms with Gasteiger partial charge in [0.15, 0.2) is 0 Å². The monoisotopic (exact) mass is 327 g/mol. The van der Waals surface area contributed by atoms with Crippen molar-refractivity contribution >= 4 is 27.7 Å². The van der Waals surface area contributed by atoms with Crippen LogP contribution >= 0.6 is 0 Å². The highest BCUT2D eigenvalue weighted by Crippen LogP contribution is 2.64. The molecule has 2 atom stereocenters. The van der Waals surface area contributed by atoms with E-state index in [0.717, 1.165) is 18.6 Å². The Morgan fingerprint density at radius 3 is 2.27 bits per heavy atom. The topological polar surface area (TPSA) is 97.8 Å². The average molecular weight is 327 g/mol. The molecule has 0 N–H and O–H groups in total. The van der Waals surface area contributed by atoms with Crippen LogP contribution in [0, 0.1) is 16.7 Å². The van der Waals surface area contributed by atoms with Crippen LogP contribution in [-0.4, -0.2) is 36.8 Å². The van der Waals surface area contributed by atoms with Gasteiger partial charge in [0.2, 0.25) is 0 Å². The molecule has 1 aliphatic heterocycles. The summed E-state index contributed by atoms with van der Waals surface area (Å²) in [6.45, 7) is 3.80. The van der Waals surface area contributed by atoms with Crippen LogP contribution in [0.4, 0.5) is 0 Å². The molecule has 2 aliphatic carbocycles. The molecule has 3 aliphatic rings. The van der Waals surface area contributed by atoms with E-state index in [4.69, 9.17) is 0 Å². The second kappa shape index (κ2) is 4.48. The predicted molar refractivity (Wildman–Crippen MR) is 74.4 cm³/mol. The molecule has 0 aromatic carbocycles. The highest BCUT2D eigenvalue weighted by molar-refractivity contribution is 7.86. The van der Waals surface area contributed by atoms with Crippen molar-refractivity contribution in [1.29, 1.82) is 0 Å². The lowest BCUT2D eigenvalue weighted by molar-refractivity contribution is -0.161.